The molecule has 1 aliphatic heterocycles. The lowest BCUT2D eigenvalue weighted by atomic mass is 9.81. The molecule has 11 nitrogen and oxygen atoms in total. The van der Waals surface area contributed by atoms with Crippen LogP contribution in [0.4, 0.5) is 16.6 Å². The molecule has 4 heterocycles. The van der Waals surface area contributed by atoms with E-state index in [9.17, 15) is 9.59 Å². The van der Waals surface area contributed by atoms with Gasteiger partial charge in [-0.2, -0.15) is 4.98 Å². The van der Waals surface area contributed by atoms with Crippen LogP contribution in [0.1, 0.15) is 93.7 Å². The lowest BCUT2D eigenvalue weighted by Crippen LogP contribution is -2.59. The Balaban J connectivity index is 0.000000239. The van der Waals surface area contributed by atoms with Gasteiger partial charge in [-0.05, 0) is 77.1 Å². The number of anilines is 2. The van der Waals surface area contributed by atoms with Crippen molar-refractivity contribution in [1.29, 1.82) is 0 Å². The zero-order valence-corrected chi connectivity index (χ0v) is 26.4. The summed E-state index contributed by atoms with van der Waals surface area (Å²) in [6.07, 6.45) is 11.9. The molecule has 3 aromatic rings. The van der Waals surface area contributed by atoms with Crippen LogP contribution in [0.25, 0.3) is 11.0 Å². The standard InChI is InChI=1S/C23H28N6O.C9H18N2O2/c1-28(2)22(30)19-12-17-14-25-23(27-21(17)29(19)18-8-3-4-9-18)26-20-11-10-16(13-24-20)15-6-5-7-15;1-9(2,3)13-8(12)11-5-7(6-11)10-4/h10-15,18H,3-9H2,1-2H3,(H,24,25,26,27);7,10H,5-6H2,1-4H3. The minimum Gasteiger partial charge on any atom is -0.444 e. The number of hydrogen-bond donors (Lipinski definition) is 2. The second-order valence-corrected chi connectivity index (χ2v) is 13.1. The molecule has 0 atom stereocenters. The van der Waals surface area contributed by atoms with E-state index in [0.29, 0.717) is 29.6 Å². The molecule has 6 rings (SSSR count). The molecule has 2 aliphatic carbocycles. The van der Waals surface area contributed by atoms with Crippen LogP contribution in [0.3, 0.4) is 0 Å². The van der Waals surface area contributed by atoms with E-state index in [0.717, 1.165) is 42.8 Å². The average molecular weight is 591 g/mol. The van der Waals surface area contributed by atoms with Gasteiger partial charge in [0.1, 0.15) is 22.8 Å². The zero-order valence-electron chi connectivity index (χ0n) is 26.4. The van der Waals surface area contributed by atoms with Crippen molar-refractivity contribution in [2.75, 3.05) is 39.5 Å². The van der Waals surface area contributed by atoms with Gasteiger partial charge in [0.15, 0.2) is 0 Å². The molecule has 2 amide bonds. The molecule has 3 aliphatic rings. The average Bonchev–Trinajstić information content (AvgIpc) is 3.54. The van der Waals surface area contributed by atoms with Crippen molar-refractivity contribution in [3.05, 3.63) is 41.9 Å². The first-order chi connectivity index (χ1) is 20.5. The van der Waals surface area contributed by atoms with E-state index >= 15 is 0 Å². The van der Waals surface area contributed by atoms with Gasteiger partial charge in [-0.3, -0.25) is 4.79 Å². The SMILES string of the molecule is CN(C)C(=O)c1cc2cnc(Nc3ccc(C4CCC4)cn3)nc2n1C1CCCC1.CNC1CN(C(=O)OC(C)(C)C)C1. The molecule has 0 unspecified atom stereocenters. The van der Waals surface area contributed by atoms with Gasteiger partial charge >= 0.3 is 6.09 Å². The monoisotopic (exact) mass is 590 g/mol. The highest BCUT2D eigenvalue weighted by molar-refractivity contribution is 5.97. The number of nitrogens with zero attached hydrogens (tertiary/aromatic N) is 6. The quantitative estimate of drug-likeness (QED) is 0.388. The molecule has 232 valence electrons. The van der Waals surface area contributed by atoms with E-state index in [1.54, 1.807) is 30.1 Å². The number of likely N-dealkylation sites (tertiary alicyclic amines) is 1. The predicted molar refractivity (Wildman–Crippen MR) is 168 cm³/mol. The van der Waals surface area contributed by atoms with Crippen LogP contribution in [-0.2, 0) is 4.74 Å². The first kappa shape index (κ1) is 30.7. The fourth-order valence-electron chi connectivity index (χ4n) is 5.71. The molecular weight excluding hydrogens is 544 g/mol. The zero-order chi connectivity index (χ0) is 30.7. The Bertz CT molecular complexity index is 1410. The number of nitrogens with one attached hydrogen (secondary N) is 2. The van der Waals surface area contributed by atoms with Crippen molar-refractivity contribution < 1.29 is 14.3 Å². The maximum absolute atomic E-state index is 12.8. The largest absolute Gasteiger partial charge is 0.444 e. The third-order valence-electron chi connectivity index (χ3n) is 8.44. The van der Waals surface area contributed by atoms with Crippen LogP contribution < -0.4 is 10.6 Å². The molecule has 0 spiro atoms. The molecule has 2 saturated carbocycles. The fourth-order valence-corrected chi connectivity index (χ4v) is 5.71. The van der Waals surface area contributed by atoms with E-state index in [1.807, 2.05) is 46.1 Å². The lowest BCUT2D eigenvalue weighted by Gasteiger charge is -2.39. The summed E-state index contributed by atoms with van der Waals surface area (Å²) in [5.41, 5.74) is 2.43. The molecule has 3 aromatic heterocycles. The molecule has 11 heteroatoms. The summed E-state index contributed by atoms with van der Waals surface area (Å²) in [6.45, 7) is 7.14. The van der Waals surface area contributed by atoms with Crippen LogP contribution in [0.15, 0.2) is 30.6 Å². The Hall–Kier alpha value is -3.73. The summed E-state index contributed by atoms with van der Waals surface area (Å²) in [4.78, 5) is 41.3. The van der Waals surface area contributed by atoms with Crippen molar-refractivity contribution in [2.45, 2.75) is 89.3 Å². The van der Waals surface area contributed by atoms with E-state index < -0.39 is 0 Å². The molecular formula is C32H46N8O3. The van der Waals surface area contributed by atoms with Gasteiger partial charge in [0.2, 0.25) is 5.95 Å². The summed E-state index contributed by atoms with van der Waals surface area (Å²) < 4.78 is 7.32. The lowest BCUT2D eigenvalue weighted by molar-refractivity contribution is 0.00609. The highest BCUT2D eigenvalue weighted by atomic mass is 16.6. The number of fused-ring (bicyclic) bond motifs is 1. The third-order valence-corrected chi connectivity index (χ3v) is 8.44. The molecule has 0 radical (unpaired) electrons. The number of pyridine rings is 1. The highest BCUT2D eigenvalue weighted by Gasteiger charge is 2.32. The predicted octanol–water partition coefficient (Wildman–Crippen LogP) is 5.48. The second-order valence-electron chi connectivity index (χ2n) is 13.1. The Labute approximate surface area is 254 Å². The molecule has 2 N–H and O–H groups in total. The van der Waals surface area contributed by atoms with E-state index in [2.05, 4.69) is 31.2 Å². The summed E-state index contributed by atoms with van der Waals surface area (Å²) in [5, 5.41) is 7.23. The van der Waals surface area contributed by atoms with Gasteiger partial charge in [-0.25, -0.2) is 14.8 Å². The molecule has 0 aromatic carbocycles. The van der Waals surface area contributed by atoms with Gasteiger partial charge in [-0.15, -0.1) is 0 Å². The Morgan fingerprint density at radius 1 is 1.00 bits per heavy atom. The highest BCUT2D eigenvalue weighted by Crippen LogP contribution is 2.37. The first-order valence-corrected chi connectivity index (χ1v) is 15.5. The van der Waals surface area contributed by atoms with Crippen LogP contribution in [0.5, 0.6) is 0 Å². The van der Waals surface area contributed by atoms with Gasteiger partial charge < -0.3 is 29.7 Å². The number of carbonyl (C=O) groups excluding carboxylic acids is 2. The number of likely N-dealkylation sites (N-methyl/N-ethyl adjacent to an activating group) is 1. The van der Waals surface area contributed by atoms with Gasteiger partial charge in [0.25, 0.3) is 5.91 Å². The molecule has 43 heavy (non-hydrogen) atoms. The van der Waals surface area contributed by atoms with Crippen molar-refractivity contribution in [2.24, 2.45) is 0 Å². The van der Waals surface area contributed by atoms with Crippen LogP contribution in [0.2, 0.25) is 0 Å². The van der Waals surface area contributed by atoms with Crippen LogP contribution in [-0.4, -0.2) is 87.2 Å². The van der Waals surface area contributed by atoms with Crippen molar-refractivity contribution in [3.63, 3.8) is 0 Å². The number of carbonyl (C=O) groups is 2. The minimum absolute atomic E-state index is 0.00246. The number of hydrogen-bond acceptors (Lipinski definition) is 8. The molecule has 3 fully saturated rings. The Kier molecular flexibility index (Phi) is 9.19. The normalized spacial score (nSPS) is 17.6. The Morgan fingerprint density at radius 2 is 1.72 bits per heavy atom. The van der Waals surface area contributed by atoms with E-state index in [-0.39, 0.29) is 17.6 Å². The fraction of sp³-hybridized carbons (Fsp3) is 0.594. The Morgan fingerprint density at radius 3 is 2.28 bits per heavy atom. The number of rotatable bonds is 6. The van der Waals surface area contributed by atoms with Crippen LogP contribution in [0, 0.1) is 0 Å². The number of amides is 2. The first-order valence-electron chi connectivity index (χ1n) is 15.5. The summed E-state index contributed by atoms with van der Waals surface area (Å²) in [6, 6.07) is 6.81. The summed E-state index contributed by atoms with van der Waals surface area (Å²) in [7, 11) is 5.48. The second kappa shape index (κ2) is 12.9. The number of aromatic nitrogens is 4. The van der Waals surface area contributed by atoms with Crippen molar-refractivity contribution >= 4 is 34.8 Å². The summed E-state index contributed by atoms with van der Waals surface area (Å²) >= 11 is 0. The third kappa shape index (κ3) is 7.26. The smallest absolute Gasteiger partial charge is 0.410 e. The van der Waals surface area contributed by atoms with E-state index in [1.165, 1.54) is 37.7 Å². The molecule has 0 bridgehead atoms. The summed E-state index contributed by atoms with van der Waals surface area (Å²) in [5.74, 6) is 1.91. The van der Waals surface area contributed by atoms with E-state index in [4.69, 9.17) is 9.72 Å². The van der Waals surface area contributed by atoms with Gasteiger partial charge in [-0.1, -0.05) is 25.3 Å². The van der Waals surface area contributed by atoms with Crippen molar-refractivity contribution in [3.8, 4) is 0 Å². The van der Waals surface area contributed by atoms with Gasteiger partial charge in [0.05, 0.1) is 0 Å². The minimum atomic E-state index is -0.387. The molecule has 1 saturated heterocycles. The maximum atomic E-state index is 12.8. The maximum Gasteiger partial charge on any atom is 0.410 e. The number of ether oxygens (including phenoxy) is 1. The van der Waals surface area contributed by atoms with Gasteiger partial charge in [0, 0.05) is 57.0 Å². The van der Waals surface area contributed by atoms with Crippen LogP contribution >= 0.6 is 0 Å². The van der Waals surface area contributed by atoms with Crippen molar-refractivity contribution in [1.82, 2.24) is 34.6 Å². The topological polar surface area (TPSA) is 118 Å².